The highest BCUT2D eigenvalue weighted by molar-refractivity contribution is 7.13. The zero-order valence-corrected chi connectivity index (χ0v) is 15.0. The molecular weight excluding hydrogens is 377 g/mol. The number of nitrogens with one attached hydrogen (secondary N) is 1. The molecule has 0 unspecified atom stereocenters. The number of alkyl halides is 3. The maximum Gasteiger partial charge on any atom is 0.416 e. The summed E-state index contributed by atoms with van der Waals surface area (Å²) in [7, 11) is 0. The molecule has 3 rings (SSSR count). The Bertz CT molecular complexity index is 937. The van der Waals surface area contributed by atoms with Gasteiger partial charge >= 0.3 is 6.18 Å². The first-order valence-corrected chi connectivity index (χ1v) is 8.92. The van der Waals surface area contributed by atoms with Gasteiger partial charge < -0.3 is 10.1 Å². The van der Waals surface area contributed by atoms with Gasteiger partial charge in [-0.2, -0.15) is 13.2 Å². The van der Waals surface area contributed by atoms with Crippen LogP contribution in [-0.4, -0.2) is 17.5 Å². The maximum atomic E-state index is 12.8. The van der Waals surface area contributed by atoms with Crippen LogP contribution < -0.4 is 10.1 Å². The van der Waals surface area contributed by atoms with Crippen molar-refractivity contribution in [1.82, 2.24) is 4.98 Å². The van der Waals surface area contributed by atoms with Gasteiger partial charge in [-0.1, -0.05) is 6.07 Å². The van der Waals surface area contributed by atoms with E-state index in [1.807, 2.05) is 31.2 Å². The topological polar surface area (TPSA) is 51.2 Å². The van der Waals surface area contributed by atoms with Crippen molar-refractivity contribution in [3.8, 4) is 16.3 Å². The van der Waals surface area contributed by atoms with Crippen LogP contribution >= 0.6 is 11.3 Å². The number of nitrogens with zero attached hydrogens (tertiary/aromatic N) is 1. The van der Waals surface area contributed by atoms with Crippen molar-refractivity contribution in [2.24, 2.45) is 0 Å². The summed E-state index contributed by atoms with van der Waals surface area (Å²) >= 11 is 1.28. The number of ether oxygens (including phenoxy) is 1. The molecule has 0 atom stereocenters. The van der Waals surface area contributed by atoms with Gasteiger partial charge in [-0.15, -0.1) is 11.3 Å². The van der Waals surface area contributed by atoms with E-state index in [2.05, 4.69) is 10.3 Å². The van der Waals surface area contributed by atoms with E-state index in [0.717, 1.165) is 23.4 Å². The average molecular weight is 392 g/mol. The van der Waals surface area contributed by atoms with E-state index in [-0.39, 0.29) is 11.4 Å². The number of hydrogen-bond acceptors (Lipinski definition) is 4. The molecule has 1 N–H and O–H groups in total. The molecule has 3 aromatic rings. The number of amides is 1. The van der Waals surface area contributed by atoms with Gasteiger partial charge in [-0.05, 0) is 49.4 Å². The summed E-state index contributed by atoms with van der Waals surface area (Å²) in [6.07, 6.45) is -4.47. The van der Waals surface area contributed by atoms with Crippen molar-refractivity contribution in [3.63, 3.8) is 0 Å². The number of carbonyl (C=O) groups excluding carboxylic acids is 1. The van der Waals surface area contributed by atoms with Crippen molar-refractivity contribution in [2.45, 2.75) is 13.1 Å². The van der Waals surface area contributed by atoms with Crippen molar-refractivity contribution >= 4 is 22.9 Å². The second-order valence-electron chi connectivity index (χ2n) is 5.53. The van der Waals surface area contributed by atoms with Crippen LogP contribution in [-0.2, 0) is 6.18 Å². The predicted molar refractivity (Wildman–Crippen MR) is 98.1 cm³/mol. The normalized spacial score (nSPS) is 11.3. The fourth-order valence-electron chi connectivity index (χ4n) is 2.34. The van der Waals surface area contributed by atoms with Crippen molar-refractivity contribution < 1.29 is 22.7 Å². The van der Waals surface area contributed by atoms with Gasteiger partial charge in [-0.25, -0.2) is 4.98 Å². The SMILES string of the molecule is CCOc1ccc(-c2nc(C(=O)Nc3cccc(C(F)(F)F)c3)cs2)cc1. The Hall–Kier alpha value is -2.87. The number of halogens is 3. The highest BCUT2D eigenvalue weighted by Gasteiger charge is 2.30. The second kappa shape index (κ2) is 7.79. The van der Waals surface area contributed by atoms with E-state index in [1.54, 1.807) is 5.38 Å². The molecule has 0 bridgehead atoms. The van der Waals surface area contributed by atoms with E-state index in [4.69, 9.17) is 4.74 Å². The third kappa shape index (κ3) is 4.65. The first-order valence-electron chi connectivity index (χ1n) is 8.04. The van der Waals surface area contributed by atoms with E-state index < -0.39 is 17.6 Å². The number of rotatable bonds is 5. The third-order valence-corrected chi connectivity index (χ3v) is 4.49. The first-order chi connectivity index (χ1) is 12.9. The lowest BCUT2D eigenvalue weighted by atomic mass is 10.2. The van der Waals surface area contributed by atoms with Gasteiger partial charge in [0, 0.05) is 16.6 Å². The molecule has 8 heteroatoms. The molecule has 1 heterocycles. The van der Waals surface area contributed by atoms with Crippen molar-refractivity contribution in [1.29, 1.82) is 0 Å². The van der Waals surface area contributed by atoms with Crippen LogP contribution in [0.15, 0.2) is 53.9 Å². The second-order valence-corrected chi connectivity index (χ2v) is 6.39. The van der Waals surface area contributed by atoms with E-state index >= 15 is 0 Å². The van der Waals surface area contributed by atoms with Crippen LogP contribution in [0.5, 0.6) is 5.75 Å². The Morgan fingerprint density at radius 2 is 1.93 bits per heavy atom. The first kappa shape index (κ1) is 18.9. The summed E-state index contributed by atoms with van der Waals surface area (Å²) in [6, 6.07) is 11.7. The molecule has 0 aliphatic heterocycles. The zero-order valence-electron chi connectivity index (χ0n) is 14.2. The van der Waals surface area contributed by atoms with Crippen LogP contribution in [0, 0.1) is 0 Å². The largest absolute Gasteiger partial charge is 0.494 e. The van der Waals surface area contributed by atoms with Crippen molar-refractivity contribution in [3.05, 3.63) is 65.2 Å². The van der Waals surface area contributed by atoms with Gasteiger partial charge in [0.25, 0.3) is 5.91 Å². The summed E-state index contributed by atoms with van der Waals surface area (Å²) in [4.78, 5) is 16.6. The highest BCUT2D eigenvalue weighted by Crippen LogP contribution is 2.31. The molecule has 2 aromatic carbocycles. The molecular formula is C19H15F3N2O2S. The van der Waals surface area contributed by atoms with Crippen molar-refractivity contribution in [2.75, 3.05) is 11.9 Å². The zero-order chi connectivity index (χ0) is 19.4. The molecule has 0 radical (unpaired) electrons. The molecule has 1 aromatic heterocycles. The fraction of sp³-hybridized carbons (Fsp3) is 0.158. The van der Waals surface area contributed by atoms with Gasteiger partial charge in [-0.3, -0.25) is 4.79 Å². The Morgan fingerprint density at radius 1 is 1.19 bits per heavy atom. The van der Waals surface area contributed by atoms with Gasteiger partial charge in [0.15, 0.2) is 0 Å². The number of thiazole rings is 1. The molecule has 0 aliphatic rings. The Balaban J connectivity index is 1.73. The number of benzene rings is 2. The number of carbonyl (C=O) groups is 1. The standard InChI is InChI=1S/C19H15F3N2O2S/c1-2-26-15-8-6-12(7-9-15)18-24-16(11-27-18)17(25)23-14-5-3-4-13(10-14)19(20,21)22/h3-11H,2H2,1H3,(H,23,25). The van der Waals surface area contributed by atoms with Crippen LogP contribution in [0.3, 0.4) is 0 Å². The van der Waals surface area contributed by atoms with E-state index in [9.17, 15) is 18.0 Å². The monoisotopic (exact) mass is 392 g/mol. The number of hydrogen-bond donors (Lipinski definition) is 1. The molecule has 0 saturated heterocycles. The molecule has 0 saturated carbocycles. The highest BCUT2D eigenvalue weighted by atomic mass is 32.1. The quantitative estimate of drug-likeness (QED) is 0.626. The number of aromatic nitrogens is 1. The van der Waals surface area contributed by atoms with E-state index in [1.165, 1.54) is 23.5 Å². The van der Waals surface area contributed by atoms with Crippen LogP contribution in [0.1, 0.15) is 23.0 Å². The van der Waals surface area contributed by atoms with Gasteiger partial charge in [0.2, 0.25) is 0 Å². The molecule has 27 heavy (non-hydrogen) atoms. The third-order valence-electron chi connectivity index (χ3n) is 3.60. The average Bonchev–Trinajstić information content (AvgIpc) is 3.12. The number of anilines is 1. The maximum absolute atomic E-state index is 12.8. The lowest BCUT2D eigenvalue weighted by Gasteiger charge is -2.09. The molecule has 0 aliphatic carbocycles. The summed E-state index contributed by atoms with van der Waals surface area (Å²) in [5.74, 6) is 0.170. The molecule has 0 fully saturated rings. The lowest BCUT2D eigenvalue weighted by Crippen LogP contribution is -2.13. The lowest BCUT2D eigenvalue weighted by molar-refractivity contribution is -0.137. The van der Waals surface area contributed by atoms with E-state index in [0.29, 0.717) is 11.6 Å². The molecule has 4 nitrogen and oxygen atoms in total. The smallest absolute Gasteiger partial charge is 0.416 e. The Morgan fingerprint density at radius 3 is 2.59 bits per heavy atom. The summed E-state index contributed by atoms with van der Waals surface area (Å²) < 4.78 is 43.7. The van der Waals surface area contributed by atoms with Crippen LogP contribution in [0.4, 0.5) is 18.9 Å². The summed E-state index contributed by atoms with van der Waals surface area (Å²) in [5.41, 5.74) is 0.196. The minimum absolute atomic E-state index is 0.0606. The summed E-state index contributed by atoms with van der Waals surface area (Å²) in [6.45, 7) is 2.46. The van der Waals surface area contributed by atoms with Gasteiger partial charge in [0.1, 0.15) is 16.5 Å². The Labute approximate surface area is 157 Å². The molecule has 1 amide bonds. The molecule has 140 valence electrons. The molecule has 0 spiro atoms. The minimum atomic E-state index is -4.47. The Kier molecular flexibility index (Phi) is 5.46. The minimum Gasteiger partial charge on any atom is -0.494 e. The van der Waals surface area contributed by atoms with Gasteiger partial charge in [0.05, 0.1) is 12.2 Å². The van der Waals surface area contributed by atoms with Crippen LogP contribution in [0.25, 0.3) is 10.6 Å². The predicted octanol–water partition coefficient (Wildman–Crippen LogP) is 5.48. The summed E-state index contributed by atoms with van der Waals surface area (Å²) in [5, 5.41) is 4.64. The fourth-order valence-corrected chi connectivity index (χ4v) is 3.15. The van der Waals surface area contributed by atoms with Crippen LogP contribution in [0.2, 0.25) is 0 Å².